The molecular weight excluding hydrogens is 470 g/mol. The average molecular weight is 496 g/mol. The number of benzene rings is 2. The van der Waals surface area contributed by atoms with Crippen LogP contribution in [0, 0.1) is 27.7 Å². The summed E-state index contributed by atoms with van der Waals surface area (Å²) in [6.45, 7) is 9.83. The molecule has 0 aliphatic rings. The van der Waals surface area contributed by atoms with E-state index in [1.165, 1.54) is 39.4 Å². The predicted molar refractivity (Wildman–Crippen MR) is 140 cm³/mol. The Balaban J connectivity index is 1.42. The van der Waals surface area contributed by atoms with Crippen LogP contribution in [0.3, 0.4) is 0 Å². The predicted octanol–water partition coefficient (Wildman–Crippen LogP) is 6.95. The van der Waals surface area contributed by atoms with Gasteiger partial charge in [0.05, 0.1) is 11.4 Å². The molecule has 4 rings (SSSR count). The molecule has 2 aromatic heterocycles. The minimum Gasteiger partial charge on any atom is -0.330 e. The maximum atomic E-state index is 12.4. The zero-order valence-electron chi connectivity index (χ0n) is 19.2. The van der Waals surface area contributed by atoms with Crippen molar-refractivity contribution in [2.75, 3.05) is 10.2 Å². The van der Waals surface area contributed by atoms with E-state index in [0.717, 1.165) is 32.1 Å². The molecular formula is C24H25N5OS3. The quantitative estimate of drug-likeness (QED) is 0.280. The number of thiazole rings is 1. The molecule has 0 saturated carbocycles. The molecule has 2 heterocycles. The molecule has 2 aromatic carbocycles. The Morgan fingerprint density at radius 1 is 1.03 bits per heavy atom. The number of hydrogen-bond acceptors (Lipinski definition) is 8. The highest BCUT2D eigenvalue weighted by Gasteiger charge is 2.19. The van der Waals surface area contributed by atoms with Gasteiger partial charge in [-0.25, -0.2) is 4.98 Å². The second kappa shape index (κ2) is 10.0. The molecule has 0 unspecified atom stereocenters. The van der Waals surface area contributed by atoms with Crippen LogP contribution in [0.1, 0.15) is 34.9 Å². The van der Waals surface area contributed by atoms with Crippen molar-refractivity contribution >= 4 is 62.0 Å². The maximum Gasteiger partial charge on any atom is 0.230 e. The standard InChI is InChI=1S/C24H25N5OS3/c1-14-6-9-21(17(4)10-14)26-22-27-28-24(33-22)32-13-19-12-31-23(25-19)29(18(5)30)20-8-7-15(2)16(3)11-20/h6-12H,13H2,1-5H3,(H,26,27). The normalized spacial score (nSPS) is 10.9. The Kier molecular flexibility index (Phi) is 7.11. The Morgan fingerprint density at radius 3 is 2.58 bits per heavy atom. The third-order valence-electron chi connectivity index (χ3n) is 5.17. The van der Waals surface area contributed by atoms with E-state index in [1.807, 2.05) is 30.5 Å². The molecule has 0 radical (unpaired) electrons. The largest absolute Gasteiger partial charge is 0.330 e. The Labute approximate surface area is 206 Å². The van der Waals surface area contributed by atoms with Crippen molar-refractivity contribution in [3.05, 3.63) is 69.7 Å². The van der Waals surface area contributed by atoms with E-state index in [-0.39, 0.29) is 5.91 Å². The monoisotopic (exact) mass is 495 g/mol. The summed E-state index contributed by atoms with van der Waals surface area (Å²) in [6.07, 6.45) is 0. The number of nitrogens with one attached hydrogen (secondary N) is 1. The maximum absolute atomic E-state index is 12.4. The molecule has 0 atom stereocenters. The van der Waals surface area contributed by atoms with Crippen LogP contribution in [0.2, 0.25) is 0 Å². The number of thioether (sulfide) groups is 1. The van der Waals surface area contributed by atoms with Gasteiger partial charge in [-0.1, -0.05) is 46.9 Å². The van der Waals surface area contributed by atoms with Crippen molar-refractivity contribution in [1.29, 1.82) is 0 Å². The molecule has 170 valence electrons. The highest BCUT2D eigenvalue weighted by Crippen LogP contribution is 2.34. The Hall–Kier alpha value is -2.75. The minimum atomic E-state index is -0.0574. The number of aromatic nitrogens is 3. The zero-order valence-corrected chi connectivity index (χ0v) is 21.6. The van der Waals surface area contributed by atoms with Crippen LogP contribution in [0.5, 0.6) is 0 Å². The van der Waals surface area contributed by atoms with Crippen LogP contribution in [0.25, 0.3) is 0 Å². The molecule has 0 spiro atoms. The van der Waals surface area contributed by atoms with E-state index in [9.17, 15) is 4.79 Å². The molecule has 0 aliphatic carbocycles. The van der Waals surface area contributed by atoms with Gasteiger partial charge in [0.15, 0.2) is 9.47 Å². The molecule has 4 aromatic rings. The summed E-state index contributed by atoms with van der Waals surface area (Å²) in [7, 11) is 0. The van der Waals surface area contributed by atoms with E-state index in [2.05, 4.69) is 54.5 Å². The van der Waals surface area contributed by atoms with Gasteiger partial charge < -0.3 is 5.32 Å². The summed E-state index contributed by atoms with van der Waals surface area (Å²) >= 11 is 4.58. The van der Waals surface area contributed by atoms with E-state index in [1.54, 1.807) is 23.6 Å². The van der Waals surface area contributed by atoms with Gasteiger partial charge in [0.2, 0.25) is 11.0 Å². The van der Waals surface area contributed by atoms with Crippen molar-refractivity contribution in [3.63, 3.8) is 0 Å². The summed E-state index contributed by atoms with van der Waals surface area (Å²) in [6, 6.07) is 12.3. The third-order valence-corrected chi connectivity index (χ3v) is 8.05. The van der Waals surface area contributed by atoms with Crippen LogP contribution in [-0.4, -0.2) is 21.1 Å². The molecule has 0 saturated heterocycles. The van der Waals surface area contributed by atoms with Gasteiger partial charge in [0, 0.05) is 23.7 Å². The second-order valence-electron chi connectivity index (χ2n) is 7.85. The zero-order chi connectivity index (χ0) is 23.5. The first kappa shape index (κ1) is 23.4. The van der Waals surface area contributed by atoms with Gasteiger partial charge in [-0.05, 0) is 62.6 Å². The lowest BCUT2D eigenvalue weighted by molar-refractivity contribution is -0.115. The molecule has 0 bridgehead atoms. The van der Waals surface area contributed by atoms with Crippen LogP contribution < -0.4 is 10.2 Å². The molecule has 0 fully saturated rings. The topological polar surface area (TPSA) is 71.0 Å². The van der Waals surface area contributed by atoms with Gasteiger partial charge in [-0.15, -0.1) is 21.5 Å². The number of carbonyl (C=O) groups excluding carboxylic acids is 1. The molecule has 9 heteroatoms. The van der Waals surface area contributed by atoms with Crippen molar-refractivity contribution in [2.24, 2.45) is 0 Å². The van der Waals surface area contributed by atoms with Crippen LogP contribution in [0.15, 0.2) is 46.1 Å². The number of hydrogen-bond donors (Lipinski definition) is 1. The molecule has 0 aliphatic heterocycles. The fourth-order valence-corrected chi connectivity index (χ4v) is 5.93. The summed E-state index contributed by atoms with van der Waals surface area (Å²) in [5, 5.41) is 15.3. The summed E-state index contributed by atoms with van der Waals surface area (Å²) < 4.78 is 0.870. The van der Waals surface area contributed by atoms with Gasteiger partial charge in [-0.2, -0.15) is 0 Å². The van der Waals surface area contributed by atoms with Crippen LogP contribution in [-0.2, 0) is 10.5 Å². The minimum absolute atomic E-state index is 0.0574. The second-order valence-corrected chi connectivity index (χ2v) is 10.9. The summed E-state index contributed by atoms with van der Waals surface area (Å²) in [4.78, 5) is 18.8. The summed E-state index contributed by atoms with van der Waals surface area (Å²) in [5.41, 5.74) is 7.53. The highest BCUT2D eigenvalue weighted by molar-refractivity contribution is 8.00. The van der Waals surface area contributed by atoms with Gasteiger partial charge in [0.25, 0.3) is 0 Å². The molecule has 6 nitrogen and oxygen atoms in total. The van der Waals surface area contributed by atoms with Crippen molar-refractivity contribution < 1.29 is 4.79 Å². The lowest BCUT2D eigenvalue weighted by Gasteiger charge is -2.19. The summed E-state index contributed by atoms with van der Waals surface area (Å²) in [5.74, 6) is 0.603. The lowest BCUT2D eigenvalue weighted by Crippen LogP contribution is -2.22. The number of aryl methyl sites for hydroxylation is 4. The fourth-order valence-electron chi connectivity index (χ4n) is 3.28. The number of nitrogens with zero attached hydrogens (tertiary/aromatic N) is 4. The van der Waals surface area contributed by atoms with E-state index >= 15 is 0 Å². The molecule has 1 amide bonds. The highest BCUT2D eigenvalue weighted by atomic mass is 32.2. The number of rotatable bonds is 7. The van der Waals surface area contributed by atoms with Crippen LogP contribution >= 0.6 is 34.4 Å². The Bertz CT molecular complexity index is 1300. The fraction of sp³-hybridized carbons (Fsp3) is 0.250. The van der Waals surface area contributed by atoms with E-state index in [4.69, 9.17) is 4.98 Å². The smallest absolute Gasteiger partial charge is 0.230 e. The first-order valence-electron chi connectivity index (χ1n) is 10.4. The van der Waals surface area contributed by atoms with E-state index in [0.29, 0.717) is 10.9 Å². The van der Waals surface area contributed by atoms with Crippen molar-refractivity contribution in [1.82, 2.24) is 15.2 Å². The molecule has 1 N–H and O–H groups in total. The Morgan fingerprint density at radius 2 is 1.85 bits per heavy atom. The average Bonchev–Trinajstić information content (AvgIpc) is 3.41. The van der Waals surface area contributed by atoms with E-state index < -0.39 is 0 Å². The SMILES string of the molecule is CC(=O)N(c1ccc(C)c(C)c1)c1nc(CSc2nnc(Nc3ccc(C)cc3C)s2)cs1. The van der Waals surface area contributed by atoms with Crippen molar-refractivity contribution in [2.45, 2.75) is 44.7 Å². The number of carbonyl (C=O) groups is 1. The first-order valence-corrected chi connectivity index (χ1v) is 13.1. The first-order chi connectivity index (χ1) is 15.8. The molecule has 33 heavy (non-hydrogen) atoms. The third kappa shape index (κ3) is 5.61. The van der Waals surface area contributed by atoms with Gasteiger partial charge in [-0.3, -0.25) is 9.69 Å². The van der Waals surface area contributed by atoms with Crippen LogP contribution in [0.4, 0.5) is 21.6 Å². The van der Waals surface area contributed by atoms with Gasteiger partial charge in [0.1, 0.15) is 0 Å². The van der Waals surface area contributed by atoms with Gasteiger partial charge >= 0.3 is 0 Å². The lowest BCUT2D eigenvalue weighted by atomic mass is 10.1. The van der Waals surface area contributed by atoms with Crippen molar-refractivity contribution in [3.8, 4) is 0 Å². The number of anilines is 4. The number of amides is 1.